The third-order valence-electron chi connectivity index (χ3n) is 4.68. The average Bonchev–Trinajstić information content (AvgIpc) is 2.74. The lowest BCUT2D eigenvalue weighted by Crippen LogP contribution is -2.07. The standard InChI is InChI=1S/C23H28N4O2/c1-16(2)18-6-8-19(9-7-18)27-23-14-22(25-15-26-23)24-12-11-17-5-10-20(28-3)21(13-17)29-4/h5-10,13-16H,11-12H2,1-4H3,(H2,24,25,26,27). The number of nitrogens with zero attached hydrogens (tertiary/aromatic N) is 2. The number of rotatable bonds is 9. The minimum atomic E-state index is 0.518. The zero-order chi connectivity index (χ0) is 20.6. The molecule has 0 spiro atoms. The van der Waals surface area contributed by atoms with E-state index in [0.717, 1.165) is 47.4 Å². The Balaban J connectivity index is 1.57. The summed E-state index contributed by atoms with van der Waals surface area (Å²) < 4.78 is 10.6. The number of benzene rings is 2. The van der Waals surface area contributed by atoms with Crippen molar-refractivity contribution in [1.82, 2.24) is 9.97 Å². The highest BCUT2D eigenvalue weighted by Crippen LogP contribution is 2.27. The molecule has 0 fully saturated rings. The van der Waals surface area contributed by atoms with Crippen molar-refractivity contribution in [2.75, 3.05) is 31.4 Å². The Labute approximate surface area is 172 Å². The zero-order valence-electron chi connectivity index (χ0n) is 17.4. The summed E-state index contributed by atoms with van der Waals surface area (Å²) in [5.74, 6) is 3.52. The molecule has 2 aromatic carbocycles. The van der Waals surface area contributed by atoms with Crippen LogP contribution in [-0.2, 0) is 6.42 Å². The molecule has 6 nitrogen and oxygen atoms in total. The van der Waals surface area contributed by atoms with E-state index in [1.165, 1.54) is 5.56 Å². The third-order valence-corrected chi connectivity index (χ3v) is 4.68. The fraction of sp³-hybridized carbons (Fsp3) is 0.304. The fourth-order valence-electron chi connectivity index (χ4n) is 2.99. The van der Waals surface area contributed by atoms with Crippen molar-refractivity contribution < 1.29 is 9.47 Å². The molecule has 152 valence electrons. The van der Waals surface area contributed by atoms with E-state index in [1.54, 1.807) is 20.5 Å². The molecule has 0 saturated heterocycles. The van der Waals surface area contributed by atoms with Gasteiger partial charge in [0.15, 0.2) is 11.5 Å². The van der Waals surface area contributed by atoms with Gasteiger partial charge in [-0.2, -0.15) is 0 Å². The van der Waals surface area contributed by atoms with E-state index in [4.69, 9.17) is 9.47 Å². The molecule has 3 aromatic rings. The number of aromatic nitrogens is 2. The number of nitrogens with one attached hydrogen (secondary N) is 2. The minimum absolute atomic E-state index is 0.518. The van der Waals surface area contributed by atoms with Gasteiger partial charge >= 0.3 is 0 Å². The van der Waals surface area contributed by atoms with Crippen LogP contribution in [0.3, 0.4) is 0 Å². The van der Waals surface area contributed by atoms with Gasteiger partial charge in [0.05, 0.1) is 14.2 Å². The Bertz CT molecular complexity index is 926. The summed E-state index contributed by atoms with van der Waals surface area (Å²) in [6, 6.07) is 16.3. The summed E-state index contributed by atoms with van der Waals surface area (Å²) in [5, 5.41) is 6.67. The SMILES string of the molecule is COc1ccc(CCNc2cc(Nc3ccc(C(C)C)cc3)ncn2)cc1OC. The van der Waals surface area contributed by atoms with Crippen molar-refractivity contribution in [3.63, 3.8) is 0 Å². The summed E-state index contributed by atoms with van der Waals surface area (Å²) in [6.07, 6.45) is 2.40. The fourth-order valence-corrected chi connectivity index (χ4v) is 2.99. The van der Waals surface area contributed by atoms with Crippen LogP contribution in [0.4, 0.5) is 17.3 Å². The van der Waals surface area contributed by atoms with Crippen molar-refractivity contribution in [3.05, 3.63) is 66.0 Å². The van der Waals surface area contributed by atoms with E-state index in [0.29, 0.717) is 5.92 Å². The Kier molecular flexibility index (Phi) is 6.89. The van der Waals surface area contributed by atoms with Crippen molar-refractivity contribution in [3.8, 4) is 11.5 Å². The largest absolute Gasteiger partial charge is 0.493 e. The summed E-state index contributed by atoms with van der Waals surface area (Å²) in [7, 11) is 3.28. The van der Waals surface area contributed by atoms with Gasteiger partial charge in [-0.05, 0) is 47.7 Å². The van der Waals surface area contributed by atoms with E-state index in [2.05, 4.69) is 58.7 Å². The second kappa shape index (κ2) is 9.78. The van der Waals surface area contributed by atoms with Gasteiger partial charge in [-0.1, -0.05) is 32.0 Å². The van der Waals surface area contributed by atoms with Gasteiger partial charge in [-0.15, -0.1) is 0 Å². The van der Waals surface area contributed by atoms with Crippen LogP contribution in [-0.4, -0.2) is 30.7 Å². The Morgan fingerprint density at radius 3 is 2.28 bits per heavy atom. The Hall–Kier alpha value is -3.28. The molecule has 0 aliphatic rings. The van der Waals surface area contributed by atoms with Crippen LogP contribution in [0.2, 0.25) is 0 Å². The first-order valence-corrected chi connectivity index (χ1v) is 9.73. The van der Waals surface area contributed by atoms with E-state index >= 15 is 0 Å². The topological polar surface area (TPSA) is 68.3 Å². The van der Waals surface area contributed by atoms with Crippen molar-refractivity contribution in [1.29, 1.82) is 0 Å². The van der Waals surface area contributed by atoms with Crippen molar-refractivity contribution in [2.24, 2.45) is 0 Å². The number of hydrogen-bond donors (Lipinski definition) is 2. The molecular formula is C23H28N4O2. The molecule has 1 heterocycles. The second-order valence-electron chi connectivity index (χ2n) is 7.06. The molecule has 29 heavy (non-hydrogen) atoms. The third kappa shape index (κ3) is 5.60. The van der Waals surface area contributed by atoms with Crippen LogP contribution >= 0.6 is 0 Å². The normalized spacial score (nSPS) is 10.7. The highest BCUT2D eigenvalue weighted by atomic mass is 16.5. The summed E-state index contributed by atoms with van der Waals surface area (Å²) in [6.45, 7) is 5.12. The second-order valence-corrected chi connectivity index (χ2v) is 7.06. The Morgan fingerprint density at radius 1 is 0.862 bits per heavy atom. The summed E-state index contributed by atoms with van der Waals surface area (Å²) in [4.78, 5) is 8.61. The predicted octanol–water partition coefficient (Wildman–Crippen LogP) is 5.02. The molecule has 0 amide bonds. The first-order valence-electron chi connectivity index (χ1n) is 9.73. The molecule has 6 heteroatoms. The number of ether oxygens (including phenoxy) is 2. The monoisotopic (exact) mass is 392 g/mol. The molecule has 2 N–H and O–H groups in total. The molecule has 1 aromatic heterocycles. The van der Waals surface area contributed by atoms with E-state index in [1.807, 2.05) is 24.3 Å². The van der Waals surface area contributed by atoms with Gasteiger partial charge in [0.2, 0.25) is 0 Å². The maximum Gasteiger partial charge on any atom is 0.160 e. The lowest BCUT2D eigenvalue weighted by Gasteiger charge is -2.11. The molecule has 0 bridgehead atoms. The molecule has 0 unspecified atom stereocenters. The van der Waals surface area contributed by atoms with E-state index in [9.17, 15) is 0 Å². The highest BCUT2D eigenvalue weighted by molar-refractivity contribution is 5.59. The predicted molar refractivity (Wildman–Crippen MR) is 118 cm³/mol. The molecular weight excluding hydrogens is 364 g/mol. The number of hydrogen-bond acceptors (Lipinski definition) is 6. The smallest absolute Gasteiger partial charge is 0.160 e. The number of methoxy groups -OCH3 is 2. The number of anilines is 3. The van der Waals surface area contributed by atoms with E-state index in [-0.39, 0.29) is 0 Å². The molecule has 0 atom stereocenters. The Morgan fingerprint density at radius 2 is 1.59 bits per heavy atom. The van der Waals surface area contributed by atoms with Crippen molar-refractivity contribution >= 4 is 17.3 Å². The lowest BCUT2D eigenvalue weighted by molar-refractivity contribution is 0.354. The van der Waals surface area contributed by atoms with Gasteiger partial charge in [0.1, 0.15) is 18.0 Å². The highest BCUT2D eigenvalue weighted by Gasteiger charge is 2.05. The van der Waals surface area contributed by atoms with Gasteiger partial charge in [-0.25, -0.2) is 9.97 Å². The first-order chi connectivity index (χ1) is 14.1. The van der Waals surface area contributed by atoms with E-state index < -0.39 is 0 Å². The molecule has 0 saturated carbocycles. The maximum absolute atomic E-state index is 5.36. The van der Waals surface area contributed by atoms with Gasteiger partial charge in [0.25, 0.3) is 0 Å². The quantitative estimate of drug-likeness (QED) is 0.533. The maximum atomic E-state index is 5.36. The first kappa shape index (κ1) is 20.5. The molecule has 0 radical (unpaired) electrons. The zero-order valence-corrected chi connectivity index (χ0v) is 17.4. The van der Waals surface area contributed by atoms with Crippen LogP contribution in [0.25, 0.3) is 0 Å². The van der Waals surface area contributed by atoms with Crippen LogP contribution < -0.4 is 20.1 Å². The lowest BCUT2D eigenvalue weighted by atomic mass is 10.0. The van der Waals surface area contributed by atoms with Crippen molar-refractivity contribution in [2.45, 2.75) is 26.2 Å². The van der Waals surface area contributed by atoms with Crippen LogP contribution in [0.5, 0.6) is 11.5 Å². The molecule has 3 rings (SSSR count). The van der Waals surface area contributed by atoms with Crippen LogP contribution in [0, 0.1) is 0 Å². The van der Waals surface area contributed by atoms with Crippen LogP contribution in [0.15, 0.2) is 54.9 Å². The summed E-state index contributed by atoms with van der Waals surface area (Å²) >= 11 is 0. The van der Waals surface area contributed by atoms with Gasteiger partial charge in [-0.3, -0.25) is 0 Å². The molecule has 0 aliphatic carbocycles. The molecule has 0 aliphatic heterocycles. The van der Waals surface area contributed by atoms with Gasteiger partial charge < -0.3 is 20.1 Å². The minimum Gasteiger partial charge on any atom is -0.493 e. The summed E-state index contributed by atoms with van der Waals surface area (Å²) in [5.41, 5.74) is 3.48. The average molecular weight is 393 g/mol. The van der Waals surface area contributed by atoms with Gasteiger partial charge in [0, 0.05) is 18.3 Å². The van der Waals surface area contributed by atoms with Crippen LogP contribution in [0.1, 0.15) is 30.9 Å².